The quantitative estimate of drug-likeness (QED) is 0.151. The smallest absolute Gasteiger partial charge is 0.303 e. The molecule has 0 spiro atoms. The fraction of sp³-hybridized carbons (Fsp3) is 0.537. The van der Waals surface area contributed by atoms with Crippen LogP contribution in [0.25, 0.3) is 0 Å². The van der Waals surface area contributed by atoms with Crippen LogP contribution in [-0.4, -0.2) is 97.9 Å². The van der Waals surface area contributed by atoms with Crippen molar-refractivity contribution in [3.8, 4) is 0 Å². The summed E-state index contributed by atoms with van der Waals surface area (Å²) in [4.78, 5) is 78.7. The van der Waals surface area contributed by atoms with Gasteiger partial charge in [-0.25, -0.2) is 4.98 Å². The highest BCUT2D eigenvalue weighted by atomic mass is 79.9. The van der Waals surface area contributed by atoms with Gasteiger partial charge in [0, 0.05) is 40.5 Å². The third-order valence-corrected chi connectivity index (χ3v) is 14.4. The number of aliphatic hydroxyl groups is 2. The van der Waals surface area contributed by atoms with E-state index in [0.29, 0.717) is 24.1 Å². The molecule has 10 atom stereocenters. The lowest BCUT2D eigenvalue weighted by molar-refractivity contribution is -0.201. The van der Waals surface area contributed by atoms with Crippen molar-refractivity contribution in [3.63, 3.8) is 0 Å². The first kappa shape index (κ1) is 42.0. The monoisotopic (exact) mass is 882 g/mol. The Morgan fingerprint density at radius 2 is 1.88 bits per heavy atom. The first-order valence-electron chi connectivity index (χ1n) is 19.4. The van der Waals surface area contributed by atoms with Crippen LogP contribution < -0.4 is 16.0 Å². The number of hydrogen-bond donors (Lipinski definition) is 6. The van der Waals surface area contributed by atoms with E-state index in [1.165, 1.54) is 11.3 Å². The molecule has 1 aromatic heterocycles. The molecule has 7 rings (SSSR count). The number of allylic oxidation sites excluding steroid dienone is 4. The van der Waals surface area contributed by atoms with Crippen molar-refractivity contribution in [1.82, 2.24) is 15.6 Å². The lowest BCUT2D eigenvalue weighted by Gasteiger charge is -2.59. The third-order valence-electron chi connectivity index (χ3n) is 13.1. The summed E-state index contributed by atoms with van der Waals surface area (Å²) in [7, 11) is 0. The fourth-order valence-corrected chi connectivity index (χ4v) is 11.4. The van der Waals surface area contributed by atoms with Gasteiger partial charge >= 0.3 is 5.97 Å². The highest BCUT2D eigenvalue weighted by Gasteiger charge is 2.75. The highest BCUT2D eigenvalue weighted by molar-refractivity contribution is 9.09. The molecule has 2 heterocycles. The number of aromatic nitrogens is 1. The molecule has 58 heavy (non-hydrogen) atoms. The van der Waals surface area contributed by atoms with Gasteiger partial charge in [-0.2, -0.15) is 0 Å². The Morgan fingerprint density at radius 1 is 1.12 bits per heavy atom. The lowest BCUT2D eigenvalue weighted by atomic mass is 9.46. The number of nitrogens with one attached hydrogen (secondary N) is 3. The van der Waals surface area contributed by atoms with Crippen LogP contribution in [-0.2, 0) is 44.7 Å². The van der Waals surface area contributed by atoms with Crippen LogP contribution in [0.1, 0.15) is 75.5 Å². The molecule has 310 valence electrons. The van der Waals surface area contributed by atoms with E-state index in [1.807, 2.05) is 37.3 Å². The Hall–Kier alpha value is -4.13. The zero-order valence-corrected chi connectivity index (χ0v) is 34.5. The van der Waals surface area contributed by atoms with E-state index >= 15 is 0 Å². The third kappa shape index (κ3) is 7.60. The van der Waals surface area contributed by atoms with Crippen LogP contribution in [0.3, 0.4) is 0 Å². The number of amides is 3. The Kier molecular flexibility index (Phi) is 11.9. The van der Waals surface area contributed by atoms with Crippen LogP contribution in [0.2, 0.25) is 0 Å². The molecule has 4 fully saturated rings. The number of ketones is 2. The second kappa shape index (κ2) is 16.5. The lowest BCUT2D eigenvalue weighted by Crippen LogP contribution is -2.63. The minimum Gasteiger partial charge on any atom is -0.481 e. The van der Waals surface area contributed by atoms with Crippen molar-refractivity contribution in [2.75, 3.05) is 23.8 Å². The first-order valence-corrected chi connectivity index (χ1v) is 21.4. The number of aliphatic hydroxyl groups excluding tert-OH is 2. The predicted molar refractivity (Wildman–Crippen MR) is 213 cm³/mol. The van der Waals surface area contributed by atoms with Gasteiger partial charge in [0.15, 0.2) is 28.6 Å². The van der Waals surface area contributed by atoms with Gasteiger partial charge in [0.1, 0.15) is 12.6 Å². The van der Waals surface area contributed by atoms with E-state index in [1.54, 1.807) is 17.5 Å². The molecular formula is C41H47BrN4O11S. The van der Waals surface area contributed by atoms with E-state index in [4.69, 9.17) is 14.6 Å². The minimum absolute atomic E-state index is 0.00483. The Balaban J connectivity index is 1.01. The van der Waals surface area contributed by atoms with Crippen molar-refractivity contribution >= 4 is 67.7 Å². The van der Waals surface area contributed by atoms with Gasteiger partial charge < -0.3 is 40.7 Å². The number of carboxylic acid groups (broad SMARTS) is 1. The van der Waals surface area contributed by atoms with Gasteiger partial charge in [-0.05, 0) is 61.7 Å². The summed E-state index contributed by atoms with van der Waals surface area (Å²) in [6.45, 7) is 2.99. The second-order valence-electron chi connectivity index (χ2n) is 16.4. The van der Waals surface area contributed by atoms with Gasteiger partial charge in [-0.15, -0.1) is 11.3 Å². The maximum Gasteiger partial charge on any atom is 0.303 e. The number of benzene rings is 1. The molecule has 3 saturated carbocycles. The topological polar surface area (TPSA) is 231 Å². The maximum absolute atomic E-state index is 13.9. The standard InChI is InChI=1S/C41H47BrN4O11S/c1-39-12-11-25(48)14-23(39)7-8-26-27-15-31-41(30(50)19-47,40(27,2)16-29(49)35(26)39)57-37(56-31)22-5-3-21(4-6-22)13-24-20-58-38(44-24)46-36(55)28(9-10-34(53)54)45-33(52)18-43-32(51)17-42/h3-6,11-12,14,20,26-29,31,35,37,47,49H,7-10,13,15-19H2,1-2H3,(H,43,51)(H,45,52)(H,53,54)(H,44,46,55)/t26-,27-,28-,29-,31+,35+,37+,39-,40-,41+/m0/s1. The number of aliphatic carboxylic acids is 1. The van der Waals surface area contributed by atoms with Crippen molar-refractivity contribution in [2.45, 2.75) is 88.9 Å². The summed E-state index contributed by atoms with van der Waals surface area (Å²) in [6, 6.07) is 6.29. The number of anilines is 1. The predicted octanol–water partition coefficient (Wildman–Crippen LogP) is 3.14. The van der Waals surface area contributed by atoms with Gasteiger partial charge in [-0.3, -0.25) is 28.8 Å². The zero-order valence-electron chi connectivity index (χ0n) is 32.1. The number of rotatable bonds is 14. The maximum atomic E-state index is 13.9. The van der Waals surface area contributed by atoms with Crippen LogP contribution in [0.4, 0.5) is 5.13 Å². The van der Waals surface area contributed by atoms with Gasteiger partial charge in [0.2, 0.25) is 17.7 Å². The van der Waals surface area contributed by atoms with E-state index in [-0.39, 0.29) is 59.8 Å². The number of thiazole rings is 1. The Bertz CT molecular complexity index is 2060. The zero-order chi connectivity index (χ0) is 41.6. The first-order chi connectivity index (χ1) is 27.6. The number of ether oxygens (including phenoxy) is 2. The Labute approximate surface area is 347 Å². The molecule has 1 aromatic carbocycles. The van der Waals surface area contributed by atoms with Crippen molar-refractivity contribution < 1.29 is 53.6 Å². The average molecular weight is 884 g/mol. The molecular weight excluding hydrogens is 836 g/mol. The molecule has 0 unspecified atom stereocenters. The van der Waals surface area contributed by atoms with E-state index in [0.717, 1.165) is 24.0 Å². The van der Waals surface area contributed by atoms with Crippen LogP contribution in [0, 0.1) is 28.6 Å². The van der Waals surface area contributed by atoms with Crippen molar-refractivity contribution in [2.24, 2.45) is 28.6 Å². The molecule has 0 radical (unpaired) electrons. The summed E-state index contributed by atoms with van der Waals surface area (Å²) in [5, 5.41) is 40.9. The molecule has 0 bridgehead atoms. The molecule has 2 aromatic rings. The molecule has 1 aliphatic heterocycles. The van der Waals surface area contributed by atoms with Gasteiger partial charge in [-0.1, -0.05) is 65.7 Å². The SMILES string of the molecule is C[C@]12C=CC(=O)C=C1CC[C@@H]1[C@@H]2[C@@H](O)C[C@@]2(C)[C@H]1C[C@H]1O[C@@H](c3ccc(Cc4csc(NC(=O)[C@H](CCC(=O)O)NC(=O)CNC(=O)CBr)n4)cc3)O[C@]12C(=O)CO. The highest BCUT2D eigenvalue weighted by Crippen LogP contribution is 2.70. The normalized spacial score (nSPS) is 32.5. The molecule has 1 saturated heterocycles. The molecule has 15 nitrogen and oxygen atoms in total. The van der Waals surface area contributed by atoms with E-state index < -0.39 is 77.1 Å². The largest absolute Gasteiger partial charge is 0.481 e. The number of halogens is 1. The molecule has 4 aliphatic carbocycles. The molecule has 17 heteroatoms. The molecule has 3 amide bonds. The van der Waals surface area contributed by atoms with Crippen LogP contribution in [0.5, 0.6) is 0 Å². The Morgan fingerprint density at radius 3 is 2.59 bits per heavy atom. The van der Waals surface area contributed by atoms with Gasteiger partial charge in [0.25, 0.3) is 0 Å². The van der Waals surface area contributed by atoms with E-state index in [2.05, 4.69) is 43.8 Å². The average Bonchev–Trinajstić information content (AvgIpc) is 3.87. The van der Waals surface area contributed by atoms with Gasteiger partial charge in [0.05, 0.1) is 29.8 Å². The number of fused-ring (bicyclic) bond motifs is 7. The van der Waals surface area contributed by atoms with Crippen molar-refractivity contribution in [1.29, 1.82) is 0 Å². The summed E-state index contributed by atoms with van der Waals surface area (Å²) < 4.78 is 13.3. The number of nitrogens with zero attached hydrogens (tertiary/aromatic N) is 1. The number of carbonyl (C=O) groups excluding carboxylic acids is 5. The fourth-order valence-electron chi connectivity index (χ4n) is 10.5. The summed E-state index contributed by atoms with van der Waals surface area (Å²) in [6.07, 6.45) is 5.13. The molecule has 5 aliphatic rings. The summed E-state index contributed by atoms with van der Waals surface area (Å²) in [5.74, 6) is -3.46. The number of carboxylic acids is 1. The second-order valence-corrected chi connectivity index (χ2v) is 17.8. The summed E-state index contributed by atoms with van der Waals surface area (Å²) >= 11 is 4.15. The number of carbonyl (C=O) groups is 6. The number of alkyl halides is 1. The van der Waals surface area contributed by atoms with E-state index in [9.17, 15) is 39.0 Å². The minimum atomic E-state index is -1.46. The van der Waals surface area contributed by atoms with Crippen LogP contribution >= 0.6 is 27.3 Å². The number of Topliss-reactive ketones (excluding diaryl/α,β-unsaturated/α-hetero) is 1. The van der Waals surface area contributed by atoms with Crippen molar-refractivity contribution in [3.05, 3.63) is 70.3 Å². The van der Waals surface area contributed by atoms with Crippen LogP contribution in [0.15, 0.2) is 53.4 Å². The summed E-state index contributed by atoms with van der Waals surface area (Å²) in [5.41, 5.74) is 0.507. The number of hydrogen-bond acceptors (Lipinski definition) is 12. The molecule has 6 N–H and O–H groups in total.